The topological polar surface area (TPSA) is 94.5 Å². The molecule has 0 fully saturated rings. The van der Waals surface area contributed by atoms with Gasteiger partial charge in [-0.25, -0.2) is 9.18 Å². The van der Waals surface area contributed by atoms with Gasteiger partial charge in [-0.2, -0.15) is 9.78 Å². The summed E-state index contributed by atoms with van der Waals surface area (Å²) in [5.74, 6) is -0.0466. The van der Waals surface area contributed by atoms with Crippen LogP contribution in [0.3, 0.4) is 0 Å². The van der Waals surface area contributed by atoms with Gasteiger partial charge in [0.05, 0.1) is 5.02 Å². The van der Waals surface area contributed by atoms with Crippen LogP contribution in [0.25, 0.3) is 0 Å². The van der Waals surface area contributed by atoms with Crippen molar-refractivity contribution in [2.75, 3.05) is 17.4 Å². The van der Waals surface area contributed by atoms with E-state index in [-0.39, 0.29) is 17.5 Å². The lowest BCUT2D eigenvalue weighted by Gasteiger charge is -2.06. The first kappa shape index (κ1) is 17.8. The van der Waals surface area contributed by atoms with Crippen molar-refractivity contribution in [3.05, 3.63) is 65.2 Å². The molecule has 142 valence electrons. The summed E-state index contributed by atoms with van der Waals surface area (Å²) in [5, 5.41) is 8.99. The molecule has 10 heteroatoms. The Morgan fingerprint density at radius 2 is 1.79 bits per heavy atom. The Balaban J connectivity index is 1.43. The standard InChI is InChI=1S/C18H12ClFN4O4/c19-12-7-10(1-3-13(12)20)21-17(25)14-5-6-24(23-14)18(26)22-11-2-4-15-16(8-11)28-9-27-15/h1-8H,9H2,(H,21,25)(H,22,26). The number of hydrogen-bond donors (Lipinski definition) is 2. The predicted octanol–water partition coefficient (Wildman–Crippen LogP) is 3.74. The molecule has 0 saturated carbocycles. The van der Waals surface area contributed by atoms with Crippen LogP contribution in [-0.2, 0) is 0 Å². The maximum atomic E-state index is 13.2. The van der Waals surface area contributed by atoms with E-state index >= 15 is 0 Å². The van der Waals surface area contributed by atoms with E-state index in [2.05, 4.69) is 15.7 Å². The molecule has 2 N–H and O–H groups in total. The number of hydrogen-bond acceptors (Lipinski definition) is 5. The minimum atomic E-state index is -0.593. The Morgan fingerprint density at radius 3 is 2.61 bits per heavy atom. The summed E-state index contributed by atoms with van der Waals surface area (Å²) in [5.41, 5.74) is 0.786. The molecule has 0 saturated heterocycles. The van der Waals surface area contributed by atoms with E-state index in [4.69, 9.17) is 21.1 Å². The molecule has 0 unspecified atom stereocenters. The summed E-state index contributed by atoms with van der Waals surface area (Å²) < 4.78 is 24.6. The molecule has 2 aromatic carbocycles. The summed E-state index contributed by atoms with van der Waals surface area (Å²) in [6.07, 6.45) is 1.34. The van der Waals surface area contributed by atoms with Gasteiger partial charge in [0.15, 0.2) is 17.2 Å². The van der Waals surface area contributed by atoms with Crippen molar-refractivity contribution in [3.63, 3.8) is 0 Å². The molecule has 2 amide bonds. The number of amides is 2. The second-order valence-corrected chi connectivity index (χ2v) is 6.13. The first-order chi connectivity index (χ1) is 13.5. The van der Waals surface area contributed by atoms with Gasteiger partial charge in [0.1, 0.15) is 5.82 Å². The number of benzene rings is 2. The van der Waals surface area contributed by atoms with E-state index in [1.54, 1.807) is 18.2 Å². The summed E-state index contributed by atoms with van der Waals surface area (Å²) in [7, 11) is 0. The normalized spacial score (nSPS) is 11.9. The van der Waals surface area contributed by atoms with Crippen LogP contribution >= 0.6 is 11.6 Å². The van der Waals surface area contributed by atoms with Crippen molar-refractivity contribution in [2.45, 2.75) is 0 Å². The van der Waals surface area contributed by atoms with Gasteiger partial charge in [-0.15, -0.1) is 0 Å². The van der Waals surface area contributed by atoms with Gasteiger partial charge < -0.3 is 20.1 Å². The lowest BCUT2D eigenvalue weighted by atomic mass is 10.3. The van der Waals surface area contributed by atoms with Gasteiger partial charge in [-0.05, 0) is 36.4 Å². The van der Waals surface area contributed by atoms with E-state index in [0.717, 1.165) is 10.7 Å². The Labute approximate surface area is 162 Å². The molecular weight excluding hydrogens is 391 g/mol. The summed E-state index contributed by atoms with van der Waals surface area (Å²) in [6.45, 7) is 0.129. The maximum absolute atomic E-state index is 13.2. The molecule has 4 rings (SSSR count). The molecule has 0 spiro atoms. The molecule has 1 aliphatic rings. The van der Waals surface area contributed by atoms with E-state index < -0.39 is 17.8 Å². The van der Waals surface area contributed by atoms with Crippen LogP contribution in [0.4, 0.5) is 20.6 Å². The molecule has 8 nitrogen and oxygen atoms in total. The second kappa shape index (κ2) is 7.20. The highest BCUT2D eigenvalue weighted by Gasteiger charge is 2.16. The average Bonchev–Trinajstić information content (AvgIpc) is 3.33. The van der Waals surface area contributed by atoms with Crippen LogP contribution in [0.15, 0.2) is 48.7 Å². The van der Waals surface area contributed by atoms with E-state index in [1.165, 1.54) is 24.4 Å². The molecule has 28 heavy (non-hydrogen) atoms. The number of anilines is 2. The van der Waals surface area contributed by atoms with Gasteiger partial charge in [-0.3, -0.25) is 4.79 Å². The number of carbonyl (C=O) groups excluding carboxylic acids is 2. The van der Waals surface area contributed by atoms with Crippen molar-refractivity contribution in [1.82, 2.24) is 9.78 Å². The summed E-state index contributed by atoms with van der Waals surface area (Å²) in [6, 6.07) is 9.53. The largest absolute Gasteiger partial charge is 0.454 e. The van der Waals surface area contributed by atoms with Crippen LogP contribution in [-0.4, -0.2) is 28.5 Å². The molecule has 0 bridgehead atoms. The quantitative estimate of drug-likeness (QED) is 0.696. The van der Waals surface area contributed by atoms with Crippen LogP contribution < -0.4 is 20.1 Å². The fourth-order valence-electron chi connectivity index (χ4n) is 2.48. The van der Waals surface area contributed by atoms with E-state index in [0.29, 0.717) is 22.9 Å². The number of aromatic nitrogens is 2. The van der Waals surface area contributed by atoms with Gasteiger partial charge in [-0.1, -0.05) is 11.6 Å². The number of ether oxygens (including phenoxy) is 2. The molecule has 2 heterocycles. The minimum Gasteiger partial charge on any atom is -0.454 e. The maximum Gasteiger partial charge on any atom is 0.346 e. The lowest BCUT2D eigenvalue weighted by molar-refractivity contribution is 0.102. The van der Waals surface area contributed by atoms with Crippen molar-refractivity contribution >= 4 is 34.9 Å². The summed E-state index contributed by atoms with van der Waals surface area (Å²) >= 11 is 5.69. The number of nitrogens with one attached hydrogen (secondary N) is 2. The van der Waals surface area contributed by atoms with Crippen LogP contribution in [0, 0.1) is 5.82 Å². The smallest absolute Gasteiger partial charge is 0.346 e. The van der Waals surface area contributed by atoms with E-state index in [1.807, 2.05) is 0 Å². The number of nitrogens with zero attached hydrogens (tertiary/aromatic N) is 2. The number of rotatable bonds is 3. The van der Waals surface area contributed by atoms with Crippen LogP contribution in [0.1, 0.15) is 10.5 Å². The second-order valence-electron chi connectivity index (χ2n) is 5.73. The van der Waals surface area contributed by atoms with Gasteiger partial charge in [0.25, 0.3) is 5.91 Å². The highest BCUT2D eigenvalue weighted by atomic mass is 35.5. The zero-order chi connectivity index (χ0) is 19.7. The first-order valence-corrected chi connectivity index (χ1v) is 8.40. The molecule has 3 aromatic rings. The van der Waals surface area contributed by atoms with Crippen molar-refractivity contribution in [2.24, 2.45) is 0 Å². The zero-order valence-electron chi connectivity index (χ0n) is 14.1. The SMILES string of the molecule is O=C(Nc1ccc(F)c(Cl)c1)c1ccn(C(=O)Nc2ccc3c(c2)OCO3)n1. The van der Waals surface area contributed by atoms with Crippen molar-refractivity contribution in [1.29, 1.82) is 0 Å². The fraction of sp³-hybridized carbons (Fsp3) is 0.0556. The minimum absolute atomic E-state index is 0.00119. The molecule has 0 atom stereocenters. The summed E-state index contributed by atoms with van der Waals surface area (Å²) in [4.78, 5) is 24.6. The average molecular weight is 403 g/mol. The van der Waals surface area contributed by atoms with Gasteiger partial charge in [0.2, 0.25) is 6.79 Å². The van der Waals surface area contributed by atoms with Crippen LogP contribution in [0.5, 0.6) is 11.5 Å². The number of halogens is 2. The molecular formula is C18H12ClFN4O4. The predicted molar refractivity (Wildman–Crippen MR) is 98.6 cm³/mol. The lowest BCUT2D eigenvalue weighted by Crippen LogP contribution is -2.21. The highest BCUT2D eigenvalue weighted by Crippen LogP contribution is 2.34. The third-order valence-corrected chi connectivity index (χ3v) is 4.12. The first-order valence-electron chi connectivity index (χ1n) is 8.03. The fourth-order valence-corrected chi connectivity index (χ4v) is 2.66. The Bertz CT molecular complexity index is 1090. The number of carbonyl (C=O) groups is 2. The molecule has 0 aliphatic carbocycles. The molecule has 0 radical (unpaired) electrons. The third kappa shape index (κ3) is 3.60. The highest BCUT2D eigenvalue weighted by molar-refractivity contribution is 6.31. The van der Waals surface area contributed by atoms with Crippen LogP contribution in [0.2, 0.25) is 5.02 Å². The number of fused-ring (bicyclic) bond motifs is 1. The Morgan fingerprint density at radius 1 is 1.04 bits per heavy atom. The molecule has 1 aromatic heterocycles. The zero-order valence-corrected chi connectivity index (χ0v) is 14.9. The van der Waals surface area contributed by atoms with Gasteiger partial charge >= 0.3 is 6.03 Å². The third-order valence-electron chi connectivity index (χ3n) is 3.83. The Hall–Kier alpha value is -3.59. The molecule has 1 aliphatic heterocycles. The van der Waals surface area contributed by atoms with E-state index in [9.17, 15) is 14.0 Å². The Kier molecular flexibility index (Phi) is 4.58. The van der Waals surface area contributed by atoms with Crippen molar-refractivity contribution < 1.29 is 23.5 Å². The monoisotopic (exact) mass is 402 g/mol. The van der Waals surface area contributed by atoms with Gasteiger partial charge in [0, 0.05) is 23.6 Å². The van der Waals surface area contributed by atoms with Crippen molar-refractivity contribution in [3.8, 4) is 11.5 Å².